The van der Waals surface area contributed by atoms with Gasteiger partial charge < -0.3 is 5.32 Å². The van der Waals surface area contributed by atoms with Crippen LogP contribution in [0.25, 0.3) is 0 Å². The predicted octanol–water partition coefficient (Wildman–Crippen LogP) is 0.419. The van der Waals surface area contributed by atoms with Crippen LogP contribution in [0.15, 0.2) is 18.2 Å². The number of nitrogens with zero attached hydrogens (tertiary/aromatic N) is 3. The van der Waals surface area contributed by atoms with Crippen LogP contribution in [0, 0.1) is 17.0 Å². The average molecular weight is 356 g/mol. The molecule has 1 amide bonds. The summed E-state index contributed by atoms with van der Waals surface area (Å²) in [7, 11) is -3.20. The van der Waals surface area contributed by atoms with Gasteiger partial charge in [0.15, 0.2) is 0 Å². The maximum absolute atomic E-state index is 12.1. The van der Waals surface area contributed by atoms with E-state index in [0.717, 1.165) is 0 Å². The van der Waals surface area contributed by atoms with Crippen LogP contribution in [-0.2, 0) is 14.8 Å². The van der Waals surface area contributed by atoms with Gasteiger partial charge in [-0.2, -0.15) is 4.31 Å². The second-order valence-corrected chi connectivity index (χ2v) is 7.73. The minimum Gasteiger partial charge on any atom is -0.325 e. The van der Waals surface area contributed by atoms with E-state index in [2.05, 4.69) is 5.32 Å². The lowest BCUT2D eigenvalue weighted by Gasteiger charge is -2.32. The highest BCUT2D eigenvalue weighted by molar-refractivity contribution is 7.88. The van der Waals surface area contributed by atoms with E-state index in [9.17, 15) is 23.3 Å². The molecular formula is C14H20N4O5S. The molecule has 0 spiro atoms. The number of sulfonamides is 1. The fourth-order valence-corrected chi connectivity index (χ4v) is 3.33. The van der Waals surface area contributed by atoms with Crippen molar-refractivity contribution < 1.29 is 18.1 Å². The van der Waals surface area contributed by atoms with Gasteiger partial charge in [0.25, 0.3) is 5.69 Å². The molecule has 1 aliphatic heterocycles. The lowest BCUT2D eigenvalue weighted by atomic mass is 10.2. The third kappa shape index (κ3) is 4.73. The van der Waals surface area contributed by atoms with E-state index in [1.54, 1.807) is 19.1 Å². The zero-order valence-electron chi connectivity index (χ0n) is 13.6. The smallest absolute Gasteiger partial charge is 0.274 e. The molecule has 0 aromatic heterocycles. The van der Waals surface area contributed by atoms with E-state index in [1.165, 1.54) is 16.6 Å². The topological polar surface area (TPSA) is 113 Å². The number of nitro groups is 1. The molecule has 0 saturated carbocycles. The first-order valence-electron chi connectivity index (χ1n) is 7.39. The lowest BCUT2D eigenvalue weighted by Crippen LogP contribution is -2.50. The van der Waals surface area contributed by atoms with Crippen molar-refractivity contribution in [2.45, 2.75) is 6.92 Å². The second kappa shape index (κ2) is 7.24. The van der Waals surface area contributed by atoms with Gasteiger partial charge in [0, 0.05) is 43.5 Å². The van der Waals surface area contributed by atoms with Gasteiger partial charge in [-0.3, -0.25) is 19.8 Å². The number of aryl methyl sites for hydroxylation is 1. The number of hydrogen-bond donors (Lipinski definition) is 1. The van der Waals surface area contributed by atoms with E-state index in [0.29, 0.717) is 37.4 Å². The van der Waals surface area contributed by atoms with Gasteiger partial charge in [-0.05, 0) is 13.0 Å². The van der Waals surface area contributed by atoms with Crippen molar-refractivity contribution in [3.8, 4) is 0 Å². The molecule has 132 valence electrons. The Hall–Kier alpha value is -2.04. The summed E-state index contributed by atoms with van der Waals surface area (Å²) in [6.07, 6.45) is 1.17. The average Bonchev–Trinajstić information content (AvgIpc) is 2.48. The molecule has 0 aliphatic carbocycles. The lowest BCUT2D eigenvalue weighted by molar-refractivity contribution is -0.385. The number of benzene rings is 1. The number of carbonyl (C=O) groups is 1. The molecule has 1 heterocycles. The summed E-state index contributed by atoms with van der Waals surface area (Å²) >= 11 is 0. The molecule has 1 aromatic rings. The summed E-state index contributed by atoms with van der Waals surface area (Å²) in [6, 6.07) is 4.52. The van der Waals surface area contributed by atoms with Crippen molar-refractivity contribution in [1.82, 2.24) is 9.21 Å². The first-order valence-corrected chi connectivity index (χ1v) is 9.24. The van der Waals surface area contributed by atoms with E-state index in [-0.39, 0.29) is 18.1 Å². The largest absolute Gasteiger partial charge is 0.325 e. The van der Waals surface area contributed by atoms with Crippen LogP contribution in [-0.4, -0.2) is 67.4 Å². The molecule has 10 heteroatoms. The number of hydrogen-bond acceptors (Lipinski definition) is 6. The molecule has 0 unspecified atom stereocenters. The molecule has 1 saturated heterocycles. The predicted molar refractivity (Wildman–Crippen MR) is 89.3 cm³/mol. The second-order valence-electron chi connectivity index (χ2n) is 5.74. The number of nitro benzene ring substituents is 1. The van der Waals surface area contributed by atoms with Gasteiger partial charge in [0.05, 0.1) is 17.7 Å². The number of nitrogens with one attached hydrogen (secondary N) is 1. The fourth-order valence-electron chi connectivity index (χ4n) is 2.51. The molecule has 0 bridgehead atoms. The highest BCUT2D eigenvalue weighted by Crippen LogP contribution is 2.22. The van der Waals surface area contributed by atoms with Crippen LogP contribution in [0.4, 0.5) is 11.4 Å². The maximum Gasteiger partial charge on any atom is 0.274 e. The van der Waals surface area contributed by atoms with Gasteiger partial charge in [0.1, 0.15) is 0 Å². The summed E-state index contributed by atoms with van der Waals surface area (Å²) in [5, 5.41) is 13.6. The Morgan fingerprint density at radius 3 is 2.46 bits per heavy atom. The highest BCUT2D eigenvalue weighted by Gasteiger charge is 2.24. The van der Waals surface area contributed by atoms with Gasteiger partial charge >= 0.3 is 0 Å². The van der Waals surface area contributed by atoms with E-state index in [1.807, 2.05) is 4.90 Å². The summed E-state index contributed by atoms with van der Waals surface area (Å²) in [5.74, 6) is -0.291. The molecule has 0 radical (unpaired) electrons. The van der Waals surface area contributed by atoms with Gasteiger partial charge in [0.2, 0.25) is 15.9 Å². The van der Waals surface area contributed by atoms with Crippen molar-refractivity contribution >= 4 is 27.3 Å². The Labute approximate surface area is 140 Å². The Kier molecular flexibility index (Phi) is 5.52. The Balaban J connectivity index is 1.91. The zero-order valence-corrected chi connectivity index (χ0v) is 14.4. The molecule has 24 heavy (non-hydrogen) atoms. The molecular weight excluding hydrogens is 336 g/mol. The number of carbonyl (C=O) groups excluding carboxylic acids is 1. The monoisotopic (exact) mass is 356 g/mol. The van der Waals surface area contributed by atoms with Gasteiger partial charge in [-0.15, -0.1) is 0 Å². The van der Waals surface area contributed by atoms with Gasteiger partial charge in [-0.1, -0.05) is 6.07 Å². The summed E-state index contributed by atoms with van der Waals surface area (Å²) in [6.45, 7) is 3.37. The Morgan fingerprint density at radius 2 is 1.92 bits per heavy atom. The fraction of sp³-hybridized carbons (Fsp3) is 0.500. The molecule has 1 N–H and O–H groups in total. The van der Waals surface area contributed by atoms with Crippen LogP contribution in [0.3, 0.4) is 0 Å². The number of anilines is 1. The molecule has 0 atom stereocenters. The molecule has 1 aromatic carbocycles. The molecule has 2 rings (SSSR count). The quantitative estimate of drug-likeness (QED) is 0.604. The summed E-state index contributed by atoms with van der Waals surface area (Å²) in [4.78, 5) is 24.3. The molecule has 9 nitrogen and oxygen atoms in total. The first kappa shape index (κ1) is 18.3. The van der Waals surface area contributed by atoms with Crippen molar-refractivity contribution in [3.05, 3.63) is 33.9 Å². The Morgan fingerprint density at radius 1 is 1.29 bits per heavy atom. The highest BCUT2D eigenvalue weighted by atomic mass is 32.2. The Bertz CT molecular complexity index is 742. The SMILES string of the molecule is Cc1ccc(NC(=O)CN2CCN(S(C)(=O)=O)CC2)cc1[N+](=O)[O-]. The molecule has 1 aliphatic rings. The first-order chi connectivity index (χ1) is 11.2. The normalized spacial score (nSPS) is 16.8. The van der Waals surface area contributed by atoms with E-state index >= 15 is 0 Å². The molecule has 1 fully saturated rings. The third-order valence-electron chi connectivity index (χ3n) is 3.86. The van der Waals surface area contributed by atoms with E-state index < -0.39 is 14.9 Å². The number of rotatable bonds is 5. The van der Waals surface area contributed by atoms with Gasteiger partial charge in [-0.25, -0.2) is 8.42 Å². The standard InChI is InChI=1S/C14H20N4O5S/c1-11-3-4-12(9-13(11)18(20)21)15-14(19)10-16-5-7-17(8-6-16)24(2,22)23/h3-4,9H,5-8,10H2,1-2H3,(H,15,19). The van der Waals surface area contributed by atoms with Crippen molar-refractivity contribution in [2.24, 2.45) is 0 Å². The van der Waals surface area contributed by atoms with Crippen molar-refractivity contribution in [1.29, 1.82) is 0 Å². The zero-order chi connectivity index (χ0) is 17.9. The number of piperazine rings is 1. The maximum atomic E-state index is 12.1. The van der Waals surface area contributed by atoms with Crippen LogP contribution < -0.4 is 5.32 Å². The van der Waals surface area contributed by atoms with E-state index in [4.69, 9.17) is 0 Å². The van der Waals surface area contributed by atoms with Crippen LogP contribution in [0.1, 0.15) is 5.56 Å². The summed E-state index contributed by atoms with van der Waals surface area (Å²) in [5.41, 5.74) is 0.844. The van der Waals surface area contributed by atoms with Crippen LogP contribution >= 0.6 is 0 Å². The van der Waals surface area contributed by atoms with Crippen LogP contribution in [0.2, 0.25) is 0 Å². The van der Waals surface area contributed by atoms with Crippen molar-refractivity contribution in [3.63, 3.8) is 0 Å². The number of amides is 1. The van der Waals surface area contributed by atoms with Crippen molar-refractivity contribution in [2.75, 3.05) is 44.3 Å². The van der Waals surface area contributed by atoms with Crippen LogP contribution in [0.5, 0.6) is 0 Å². The minimum absolute atomic E-state index is 0.0467. The summed E-state index contributed by atoms with van der Waals surface area (Å²) < 4.78 is 24.3. The third-order valence-corrected chi connectivity index (χ3v) is 5.16. The minimum atomic E-state index is -3.20.